The average Bonchev–Trinajstić information content (AvgIpc) is 2.94. The molecule has 1 aromatic heterocycles. The molecule has 5 rings (SSSR count). The predicted octanol–water partition coefficient (Wildman–Crippen LogP) is 3.25. The summed E-state index contributed by atoms with van der Waals surface area (Å²) in [5.41, 5.74) is 3.57. The van der Waals surface area contributed by atoms with Gasteiger partial charge in [0.05, 0.1) is 16.9 Å². The van der Waals surface area contributed by atoms with Gasteiger partial charge in [-0.2, -0.15) is 0 Å². The van der Waals surface area contributed by atoms with Gasteiger partial charge in [0.15, 0.2) is 0 Å². The fourth-order valence-corrected chi connectivity index (χ4v) is 6.22. The number of hydrogen-bond donors (Lipinski definition) is 1. The lowest BCUT2D eigenvalue weighted by molar-refractivity contribution is 0.0535. The molecule has 10 heteroatoms. The smallest absolute Gasteiger partial charge is 0.263 e. The Hall–Kier alpha value is -4.18. The molecule has 0 atom stereocenters. The third-order valence-corrected chi connectivity index (χ3v) is 8.26. The maximum absolute atomic E-state index is 13.4. The van der Waals surface area contributed by atoms with Gasteiger partial charge in [0, 0.05) is 57.7 Å². The van der Waals surface area contributed by atoms with Crippen LogP contribution in [0.4, 0.5) is 11.4 Å². The van der Waals surface area contributed by atoms with Gasteiger partial charge >= 0.3 is 0 Å². The lowest BCUT2D eigenvalue weighted by Gasteiger charge is -2.35. The van der Waals surface area contributed by atoms with E-state index < -0.39 is 10.0 Å². The van der Waals surface area contributed by atoms with Crippen LogP contribution in [-0.2, 0) is 10.0 Å². The Morgan fingerprint density at radius 3 is 2.29 bits per heavy atom. The molecule has 3 aromatic rings. The van der Waals surface area contributed by atoms with Crippen LogP contribution in [-0.4, -0.2) is 74.8 Å². The summed E-state index contributed by atoms with van der Waals surface area (Å²) >= 11 is 0. The molecular formula is C28H29N5O4S. The van der Waals surface area contributed by atoms with E-state index in [-0.39, 0.29) is 16.7 Å². The topological polar surface area (TPSA) is 103 Å². The van der Waals surface area contributed by atoms with E-state index in [2.05, 4.69) is 9.71 Å². The summed E-state index contributed by atoms with van der Waals surface area (Å²) in [6, 6.07) is 13.6. The number of aryl methyl sites for hydroxylation is 1. The minimum atomic E-state index is -3.86. The Labute approximate surface area is 222 Å². The molecule has 0 saturated carbocycles. The number of sulfonamides is 1. The van der Waals surface area contributed by atoms with Gasteiger partial charge in [0.1, 0.15) is 4.90 Å². The average molecular weight is 532 g/mol. The molecule has 1 saturated heterocycles. The fourth-order valence-electron chi connectivity index (χ4n) is 4.81. The number of hydrogen-bond acceptors (Lipinski definition) is 6. The van der Waals surface area contributed by atoms with E-state index in [4.69, 9.17) is 0 Å². The van der Waals surface area contributed by atoms with E-state index >= 15 is 0 Å². The Kier molecular flexibility index (Phi) is 6.90. The third kappa shape index (κ3) is 4.99. The number of nitrogens with zero attached hydrogens (tertiary/aromatic N) is 4. The largest absolute Gasteiger partial charge is 0.369 e. The molecule has 0 spiro atoms. The summed E-state index contributed by atoms with van der Waals surface area (Å²) in [6.07, 6.45) is 7.08. The highest BCUT2D eigenvalue weighted by molar-refractivity contribution is 7.92. The highest BCUT2D eigenvalue weighted by Gasteiger charge is 2.27. The molecule has 0 bridgehead atoms. The number of amides is 2. The molecule has 1 N–H and O–H groups in total. The van der Waals surface area contributed by atoms with Crippen LogP contribution < -0.4 is 9.62 Å². The number of aromatic nitrogens is 1. The van der Waals surface area contributed by atoms with Crippen LogP contribution in [0.1, 0.15) is 31.8 Å². The first-order valence-electron chi connectivity index (χ1n) is 12.4. The molecule has 196 valence electrons. The van der Waals surface area contributed by atoms with Gasteiger partial charge in [-0.25, -0.2) is 8.42 Å². The number of pyridine rings is 1. The molecule has 2 aliphatic rings. The highest BCUT2D eigenvalue weighted by atomic mass is 32.2. The highest BCUT2D eigenvalue weighted by Crippen LogP contribution is 2.33. The second-order valence-corrected chi connectivity index (χ2v) is 11.1. The molecule has 3 heterocycles. The second-order valence-electron chi connectivity index (χ2n) is 9.44. The minimum absolute atomic E-state index is 0.0976. The number of nitrogens with one attached hydrogen (secondary N) is 1. The van der Waals surface area contributed by atoms with E-state index in [1.165, 1.54) is 0 Å². The van der Waals surface area contributed by atoms with Gasteiger partial charge in [-0.05, 0) is 54.4 Å². The first-order valence-corrected chi connectivity index (χ1v) is 13.9. The van der Waals surface area contributed by atoms with Crippen molar-refractivity contribution in [3.63, 3.8) is 0 Å². The summed E-state index contributed by atoms with van der Waals surface area (Å²) in [4.78, 5) is 35.4. The van der Waals surface area contributed by atoms with E-state index in [1.807, 2.05) is 30.2 Å². The number of rotatable bonds is 5. The number of anilines is 2. The Bertz CT molecular complexity index is 1510. The van der Waals surface area contributed by atoms with Gasteiger partial charge in [-0.1, -0.05) is 24.3 Å². The van der Waals surface area contributed by atoms with Crippen molar-refractivity contribution in [3.8, 4) is 0 Å². The normalized spacial score (nSPS) is 15.3. The summed E-state index contributed by atoms with van der Waals surface area (Å²) in [7, 11) is -2.00. The monoisotopic (exact) mass is 531 g/mol. The molecule has 38 heavy (non-hydrogen) atoms. The van der Waals surface area contributed by atoms with Gasteiger partial charge < -0.3 is 14.7 Å². The molecule has 2 aliphatic heterocycles. The van der Waals surface area contributed by atoms with Crippen LogP contribution in [0, 0.1) is 6.92 Å². The summed E-state index contributed by atoms with van der Waals surface area (Å²) in [5, 5.41) is 0. The van der Waals surface area contributed by atoms with Crippen molar-refractivity contribution in [3.05, 3.63) is 89.3 Å². The van der Waals surface area contributed by atoms with Crippen molar-refractivity contribution >= 4 is 39.3 Å². The predicted molar refractivity (Wildman–Crippen MR) is 147 cm³/mol. The summed E-state index contributed by atoms with van der Waals surface area (Å²) in [6.45, 7) is 4.09. The van der Waals surface area contributed by atoms with Crippen molar-refractivity contribution in [1.29, 1.82) is 0 Å². The molecule has 2 amide bonds. The lowest BCUT2D eigenvalue weighted by atomic mass is 10.1. The first-order chi connectivity index (χ1) is 18.2. The SMILES string of the molecule is Cc1cc(C(=O)N2CCN(C(=O)c3cccnc3)CC2)ccc1NS(=O)(=O)c1cccc2c1N(C)CC=C2. The third-order valence-electron chi connectivity index (χ3n) is 6.86. The quantitative estimate of drug-likeness (QED) is 0.542. The van der Waals surface area contributed by atoms with E-state index in [1.54, 1.807) is 71.6 Å². The van der Waals surface area contributed by atoms with Crippen LogP contribution >= 0.6 is 0 Å². The standard InChI is InChI=1S/C28H29N5O4S/c1-20-18-22(27(34)32-14-16-33(17-15-32)28(35)23-7-4-12-29-19-23)10-11-24(20)30-38(36,37)25-9-3-6-21-8-5-13-31(2)26(21)25/h3-12,18-19,30H,13-17H2,1-2H3. The van der Waals surface area contributed by atoms with Crippen molar-refractivity contribution in [2.24, 2.45) is 0 Å². The van der Waals surface area contributed by atoms with E-state index in [0.29, 0.717) is 60.8 Å². The number of para-hydroxylation sites is 1. The molecular weight excluding hydrogens is 502 g/mol. The lowest BCUT2D eigenvalue weighted by Crippen LogP contribution is -2.50. The first kappa shape index (κ1) is 25.5. The number of carbonyl (C=O) groups is 2. The number of fused-ring (bicyclic) bond motifs is 1. The van der Waals surface area contributed by atoms with E-state index in [0.717, 1.165) is 5.56 Å². The zero-order valence-electron chi connectivity index (χ0n) is 21.3. The van der Waals surface area contributed by atoms with Gasteiger partial charge in [0.25, 0.3) is 21.8 Å². The molecule has 0 radical (unpaired) electrons. The Morgan fingerprint density at radius 2 is 1.63 bits per heavy atom. The van der Waals surface area contributed by atoms with Crippen molar-refractivity contribution in [1.82, 2.24) is 14.8 Å². The second kappa shape index (κ2) is 10.3. The molecule has 0 unspecified atom stereocenters. The Morgan fingerprint density at radius 1 is 0.921 bits per heavy atom. The number of piperazine rings is 1. The fraction of sp³-hybridized carbons (Fsp3) is 0.250. The maximum atomic E-state index is 13.4. The maximum Gasteiger partial charge on any atom is 0.263 e. The zero-order chi connectivity index (χ0) is 26.9. The zero-order valence-corrected chi connectivity index (χ0v) is 22.1. The Balaban J connectivity index is 1.27. The number of benzene rings is 2. The summed E-state index contributed by atoms with van der Waals surface area (Å²) in [5.74, 6) is -0.249. The molecule has 9 nitrogen and oxygen atoms in total. The van der Waals surface area contributed by atoms with E-state index in [9.17, 15) is 18.0 Å². The number of likely N-dealkylation sites (N-methyl/N-ethyl adjacent to an activating group) is 1. The van der Waals surface area contributed by atoms with Crippen LogP contribution in [0.5, 0.6) is 0 Å². The minimum Gasteiger partial charge on any atom is -0.369 e. The molecule has 2 aromatic carbocycles. The summed E-state index contributed by atoms with van der Waals surface area (Å²) < 4.78 is 29.4. The van der Waals surface area contributed by atoms with Crippen molar-refractivity contribution in [2.75, 3.05) is 49.4 Å². The van der Waals surface area contributed by atoms with Gasteiger partial charge in [-0.3, -0.25) is 19.3 Å². The van der Waals surface area contributed by atoms with Crippen molar-refractivity contribution < 1.29 is 18.0 Å². The number of carbonyl (C=O) groups excluding carboxylic acids is 2. The molecule has 1 fully saturated rings. The van der Waals surface area contributed by atoms with Crippen LogP contribution in [0.3, 0.4) is 0 Å². The van der Waals surface area contributed by atoms with Crippen LogP contribution in [0.25, 0.3) is 6.08 Å². The van der Waals surface area contributed by atoms with Crippen LogP contribution in [0.2, 0.25) is 0 Å². The van der Waals surface area contributed by atoms with Crippen LogP contribution in [0.15, 0.2) is 71.9 Å². The van der Waals surface area contributed by atoms with Gasteiger partial charge in [-0.15, -0.1) is 0 Å². The van der Waals surface area contributed by atoms with Gasteiger partial charge in [0.2, 0.25) is 0 Å². The van der Waals surface area contributed by atoms with Crippen molar-refractivity contribution in [2.45, 2.75) is 11.8 Å². The molecule has 0 aliphatic carbocycles.